The average Bonchev–Trinajstić information content (AvgIpc) is 3.11. The monoisotopic (exact) mass is 294 g/mol. The zero-order valence-corrected chi connectivity index (χ0v) is 13.3. The minimum absolute atomic E-state index is 0.187. The summed E-state index contributed by atoms with van der Waals surface area (Å²) in [6, 6.07) is 0. The summed E-state index contributed by atoms with van der Waals surface area (Å²) in [6.07, 6.45) is 5.23. The number of hydrogen-bond acceptors (Lipinski definition) is 4. The first-order valence-electron chi connectivity index (χ1n) is 7.95. The molecule has 0 spiro atoms. The molecule has 5 atom stereocenters. The van der Waals surface area contributed by atoms with Crippen LogP contribution in [0.4, 0.5) is 0 Å². The fourth-order valence-electron chi connectivity index (χ4n) is 4.53. The van der Waals surface area contributed by atoms with Gasteiger partial charge in [0.25, 0.3) is 0 Å². The first kappa shape index (κ1) is 14.5. The van der Waals surface area contributed by atoms with Gasteiger partial charge in [-0.2, -0.15) is 0 Å². The average molecular weight is 294 g/mol. The second kappa shape index (κ2) is 6.12. The molecule has 20 heavy (non-hydrogen) atoms. The van der Waals surface area contributed by atoms with E-state index in [4.69, 9.17) is 0 Å². The van der Waals surface area contributed by atoms with Crippen LogP contribution >= 0.6 is 11.3 Å². The molecule has 0 aromatic carbocycles. The summed E-state index contributed by atoms with van der Waals surface area (Å²) in [5, 5.41) is 14.1. The molecule has 4 heteroatoms. The van der Waals surface area contributed by atoms with Crippen molar-refractivity contribution in [3.63, 3.8) is 0 Å². The predicted molar refractivity (Wildman–Crippen MR) is 82.9 cm³/mol. The Labute approximate surface area is 125 Å². The van der Waals surface area contributed by atoms with Crippen molar-refractivity contribution in [1.82, 2.24) is 10.3 Å². The summed E-state index contributed by atoms with van der Waals surface area (Å²) >= 11 is 1.71. The highest BCUT2D eigenvalue weighted by atomic mass is 32.1. The maximum Gasteiger partial charge on any atom is 0.0794 e. The number of thiazole rings is 1. The van der Waals surface area contributed by atoms with Crippen molar-refractivity contribution in [3.8, 4) is 0 Å². The Kier molecular flexibility index (Phi) is 4.43. The third kappa shape index (κ3) is 2.66. The number of aliphatic hydroxyl groups excluding tert-OH is 1. The molecule has 0 radical (unpaired) electrons. The summed E-state index contributed by atoms with van der Waals surface area (Å²) in [4.78, 5) is 5.53. The Morgan fingerprint density at radius 1 is 1.35 bits per heavy atom. The number of hydrogen-bond donors (Lipinski definition) is 2. The van der Waals surface area contributed by atoms with Crippen molar-refractivity contribution in [2.75, 3.05) is 13.1 Å². The minimum Gasteiger partial charge on any atom is -0.392 e. The summed E-state index contributed by atoms with van der Waals surface area (Å²) in [7, 11) is 0. The maximum absolute atomic E-state index is 10.6. The molecule has 2 fully saturated rings. The number of nitrogens with one attached hydrogen (secondary N) is 1. The van der Waals surface area contributed by atoms with E-state index in [1.807, 2.05) is 11.7 Å². The van der Waals surface area contributed by atoms with E-state index >= 15 is 0 Å². The van der Waals surface area contributed by atoms with Crippen LogP contribution in [0, 0.1) is 23.7 Å². The second-order valence-electron chi connectivity index (χ2n) is 6.81. The highest BCUT2D eigenvalue weighted by molar-refractivity contribution is 7.09. The molecule has 1 saturated heterocycles. The van der Waals surface area contributed by atoms with Crippen LogP contribution in [0.15, 0.2) is 11.7 Å². The van der Waals surface area contributed by atoms with Crippen LogP contribution in [0.25, 0.3) is 0 Å². The van der Waals surface area contributed by atoms with Gasteiger partial charge in [0.15, 0.2) is 0 Å². The predicted octanol–water partition coefficient (Wildman–Crippen LogP) is 2.88. The van der Waals surface area contributed by atoms with Gasteiger partial charge in [-0.05, 0) is 56.0 Å². The second-order valence-corrected chi connectivity index (χ2v) is 7.73. The highest BCUT2D eigenvalue weighted by Crippen LogP contribution is 2.49. The lowest BCUT2D eigenvalue weighted by molar-refractivity contribution is 0.00528. The van der Waals surface area contributed by atoms with Crippen LogP contribution in [-0.2, 0) is 0 Å². The lowest BCUT2D eigenvalue weighted by Gasteiger charge is -2.45. The number of aliphatic hydroxyl groups is 1. The molecule has 1 aromatic rings. The van der Waals surface area contributed by atoms with Crippen LogP contribution in [0.2, 0.25) is 0 Å². The molecule has 0 bridgehead atoms. The van der Waals surface area contributed by atoms with Gasteiger partial charge in [0.1, 0.15) is 0 Å². The van der Waals surface area contributed by atoms with Crippen LogP contribution in [0.5, 0.6) is 0 Å². The highest BCUT2D eigenvalue weighted by Gasteiger charge is 2.44. The molecule has 2 heterocycles. The molecule has 2 N–H and O–H groups in total. The van der Waals surface area contributed by atoms with Gasteiger partial charge < -0.3 is 10.4 Å². The zero-order chi connectivity index (χ0) is 14.1. The quantitative estimate of drug-likeness (QED) is 0.901. The first-order valence-corrected chi connectivity index (χ1v) is 8.83. The molecule has 3 rings (SSSR count). The van der Waals surface area contributed by atoms with Gasteiger partial charge in [-0.1, -0.05) is 13.8 Å². The van der Waals surface area contributed by atoms with Crippen molar-refractivity contribution in [2.45, 2.75) is 45.1 Å². The van der Waals surface area contributed by atoms with Crippen molar-refractivity contribution in [1.29, 1.82) is 0 Å². The molecule has 1 aliphatic heterocycles. The van der Waals surface area contributed by atoms with Crippen molar-refractivity contribution >= 4 is 11.3 Å². The molecule has 1 aliphatic carbocycles. The Balaban J connectivity index is 1.88. The largest absolute Gasteiger partial charge is 0.392 e. The summed E-state index contributed by atoms with van der Waals surface area (Å²) in [5.74, 6) is 3.04. The number of nitrogens with zero attached hydrogens (tertiary/aromatic N) is 1. The van der Waals surface area contributed by atoms with Crippen LogP contribution in [0.1, 0.15) is 43.9 Å². The first-order chi connectivity index (χ1) is 9.68. The fraction of sp³-hybridized carbons (Fsp3) is 0.812. The van der Waals surface area contributed by atoms with Gasteiger partial charge in [0.05, 0.1) is 11.6 Å². The molecular formula is C16H26N2OS. The van der Waals surface area contributed by atoms with Crippen molar-refractivity contribution in [2.24, 2.45) is 23.7 Å². The Morgan fingerprint density at radius 2 is 2.20 bits per heavy atom. The van der Waals surface area contributed by atoms with E-state index in [0.29, 0.717) is 17.8 Å². The third-order valence-electron chi connectivity index (χ3n) is 5.37. The van der Waals surface area contributed by atoms with E-state index in [1.165, 1.54) is 30.8 Å². The molecule has 1 aromatic heterocycles. The van der Waals surface area contributed by atoms with Gasteiger partial charge >= 0.3 is 0 Å². The van der Waals surface area contributed by atoms with E-state index in [9.17, 15) is 5.11 Å². The van der Waals surface area contributed by atoms with Crippen molar-refractivity contribution < 1.29 is 5.11 Å². The zero-order valence-electron chi connectivity index (χ0n) is 12.5. The summed E-state index contributed by atoms with van der Waals surface area (Å²) in [6.45, 7) is 6.98. The topological polar surface area (TPSA) is 45.1 Å². The maximum atomic E-state index is 10.6. The number of rotatable bonds is 3. The molecule has 2 aliphatic rings. The normalized spacial score (nSPS) is 38.5. The van der Waals surface area contributed by atoms with E-state index in [2.05, 4.69) is 24.1 Å². The smallest absolute Gasteiger partial charge is 0.0794 e. The van der Waals surface area contributed by atoms with Gasteiger partial charge in [-0.15, -0.1) is 11.3 Å². The van der Waals surface area contributed by atoms with Crippen molar-refractivity contribution in [3.05, 3.63) is 16.6 Å². The molecule has 1 saturated carbocycles. The lowest BCUT2D eigenvalue weighted by atomic mass is 9.61. The SMILES string of the molecule is CC(C)C1C(C2CCNC2)CCC(O)[C@@H]1c1cncs1. The van der Waals surface area contributed by atoms with Gasteiger partial charge in [-0.3, -0.25) is 4.98 Å². The van der Waals surface area contributed by atoms with Crippen LogP contribution in [0.3, 0.4) is 0 Å². The minimum atomic E-state index is -0.187. The van der Waals surface area contributed by atoms with Crippen LogP contribution < -0.4 is 5.32 Å². The van der Waals surface area contributed by atoms with E-state index in [1.54, 1.807) is 11.3 Å². The van der Waals surface area contributed by atoms with E-state index in [0.717, 1.165) is 18.3 Å². The Bertz CT molecular complexity index is 414. The molecule has 112 valence electrons. The molecule has 0 amide bonds. The van der Waals surface area contributed by atoms with Gasteiger partial charge in [-0.25, -0.2) is 0 Å². The molecule has 3 nitrogen and oxygen atoms in total. The Morgan fingerprint density at radius 3 is 2.80 bits per heavy atom. The summed E-state index contributed by atoms with van der Waals surface area (Å²) < 4.78 is 0. The van der Waals surface area contributed by atoms with Gasteiger partial charge in [0, 0.05) is 17.0 Å². The van der Waals surface area contributed by atoms with Gasteiger partial charge in [0.2, 0.25) is 0 Å². The molecular weight excluding hydrogens is 268 g/mol. The van der Waals surface area contributed by atoms with E-state index < -0.39 is 0 Å². The Hall–Kier alpha value is -0.450. The fourth-order valence-corrected chi connectivity index (χ4v) is 5.37. The lowest BCUT2D eigenvalue weighted by Crippen LogP contribution is -2.42. The summed E-state index contributed by atoms with van der Waals surface area (Å²) in [5.41, 5.74) is 1.90. The molecule has 4 unspecified atom stereocenters. The standard InChI is InChI=1S/C16H26N2OS/c1-10(2)15-12(11-5-6-17-7-11)3-4-13(19)16(15)14-8-18-9-20-14/h8-13,15-17,19H,3-7H2,1-2H3/t11?,12?,13?,15?,16-/m1/s1. The van der Waals surface area contributed by atoms with E-state index in [-0.39, 0.29) is 6.10 Å². The third-order valence-corrected chi connectivity index (χ3v) is 6.25. The number of aromatic nitrogens is 1. The van der Waals surface area contributed by atoms with Crippen LogP contribution in [-0.4, -0.2) is 29.3 Å².